The van der Waals surface area contributed by atoms with Gasteiger partial charge in [0.2, 0.25) is 0 Å². The summed E-state index contributed by atoms with van der Waals surface area (Å²) in [6.45, 7) is 4.90. The Hall–Kier alpha value is -1.66. The van der Waals surface area contributed by atoms with Crippen molar-refractivity contribution in [2.75, 3.05) is 31.7 Å². The van der Waals surface area contributed by atoms with Gasteiger partial charge in [0.15, 0.2) is 0 Å². The van der Waals surface area contributed by atoms with Crippen molar-refractivity contribution < 1.29 is 19.4 Å². The van der Waals surface area contributed by atoms with Gasteiger partial charge in [-0.15, -0.1) is 0 Å². The summed E-state index contributed by atoms with van der Waals surface area (Å²) in [5, 5.41) is 9.35. The predicted octanol–water partition coefficient (Wildman–Crippen LogP) is 0.844. The van der Waals surface area contributed by atoms with Crippen molar-refractivity contribution in [2.45, 2.75) is 25.6 Å². The number of rotatable bonds is 3. The maximum absolute atomic E-state index is 11.8. The van der Waals surface area contributed by atoms with Gasteiger partial charge < -0.3 is 19.5 Å². The van der Waals surface area contributed by atoms with Crippen LogP contribution in [0.4, 0.5) is 5.82 Å². The summed E-state index contributed by atoms with van der Waals surface area (Å²) >= 11 is 0. The maximum atomic E-state index is 11.8. The van der Waals surface area contributed by atoms with Crippen LogP contribution in [0.5, 0.6) is 0 Å². The fourth-order valence-corrected chi connectivity index (χ4v) is 2.47. The third-order valence-electron chi connectivity index (χ3n) is 3.18. The van der Waals surface area contributed by atoms with Gasteiger partial charge in [-0.3, -0.25) is 0 Å². The van der Waals surface area contributed by atoms with Gasteiger partial charge in [0.1, 0.15) is 11.4 Å². The number of hydrogen-bond acceptors (Lipinski definition) is 6. The van der Waals surface area contributed by atoms with Gasteiger partial charge >= 0.3 is 5.97 Å². The first-order chi connectivity index (χ1) is 9.46. The Balaban J connectivity index is 2.33. The molecule has 6 heteroatoms. The summed E-state index contributed by atoms with van der Waals surface area (Å²) in [5.74, 6) is 0.145. The van der Waals surface area contributed by atoms with Crippen LogP contribution >= 0.6 is 0 Å². The van der Waals surface area contributed by atoms with Crippen LogP contribution in [0.1, 0.15) is 24.2 Å². The van der Waals surface area contributed by atoms with E-state index in [1.54, 1.807) is 18.3 Å². The lowest BCUT2D eigenvalue weighted by Gasteiger charge is -2.43. The van der Waals surface area contributed by atoms with E-state index in [-0.39, 0.29) is 12.7 Å². The van der Waals surface area contributed by atoms with Gasteiger partial charge in [0, 0.05) is 19.3 Å². The van der Waals surface area contributed by atoms with Gasteiger partial charge in [-0.25, -0.2) is 9.78 Å². The molecule has 0 aliphatic carbocycles. The normalized spacial score (nSPS) is 21.6. The Kier molecular flexibility index (Phi) is 4.25. The van der Waals surface area contributed by atoms with Crippen molar-refractivity contribution in [3.63, 3.8) is 0 Å². The first-order valence-electron chi connectivity index (χ1n) is 6.54. The molecule has 2 heterocycles. The lowest BCUT2D eigenvalue weighted by atomic mass is 10.0. The van der Waals surface area contributed by atoms with Crippen LogP contribution in [0.2, 0.25) is 0 Å². The quantitative estimate of drug-likeness (QED) is 0.827. The molecular formula is C14H20N2O4. The van der Waals surface area contributed by atoms with Crippen LogP contribution in [-0.4, -0.2) is 54.6 Å². The molecule has 0 spiro atoms. The number of aliphatic hydroxyl groups is 1. The maximum Gasteiger partial charge on any atom is 0.341 e. The fraction of sp³-hybridized carbons (Fsp3) is 0.571. The van der Waals surface area contributed by atoms with Gasteiger partial charge in [-0.1, -0.05) is 0 Å². The van der Waals surface area contributed by atoms with Crippen LogP contribution in [0.15, 0.2) is 18.3 Å². The number of hydrogen-bond donors (Lipinski definition) is 1. The molecule has 1 aromatic heterocycles. The SMILES string of the molecule is COC(=O)c1cccnc1N1CC(CO)OC(C)(C)C1. The molecule has 0 bridgehead atoms. The summed E-state index contributed by atoms with van der Waals surface area (Å²) in [4.78, 5) is 18.1. The van der Waals surface area contributed by atoms with E-state index in [1.807, 2.05) is 18.7 Å². The smallest absolute Gasteiger partial charge is 0.341 e. The lowest BCUT2D eigenvalue weighted by molar-refractivity contribution is -0.101. The summed E-state index contributed by atoms with van der Waals surface area (Å²) in [7, 11) is 1.35. The lowest BCUT2D eigenvalue weighted by Crippen LogP contribution is -2.54. The zero-order valence-electron chi connectivity index (χ0n) is 12.0. The molecule has 1 unspecified atom stereocenters. The van der Waals surface area contributed by atoms with Crippen molar-refractivity contribution in [3.8, 4) is 0 Å². The second kappa shape index (κ2) is 5.76. The highest BCUT2D eigenvalue weighted by atomic mass is 16.5. The first-order valence-corrected chi connectivity index (χ1v) is 6.54. The average molecular weight is 280 g/mol. The molecule has 110 valence electrons. The number of methoxy groups -OCH3 is 1. The van der Waals surface area contributed by atoms with E-state index in [1.165, 1.54) is 7.11 Å². The molecule has 1 aromatic rings. The van der Waals surface area contributed by atoms with Crippen molar-refractivity contribution in [1.82, 2.24) is 4.98 Å². The van der Waals surface area contributed by atoms with Gasteiger partial charge in [-0.2, -0.15) is 0 Å². The highest BCUT2D eigenvalue weighted by molar-refractivity contribution is 5.94. The third-order valence-corrected chi connectivity index (χ3v) is 3.18. The van der Waals surface area contributed by atoms with E-state index < -0.39 is 11.6 Å². The van der Waals surface area contributed by atoms with Gasteiger partial charge in [-0.05, 0) is 26.0 Å². The number of carbonyl (C=O) groups is 1. The third kappa shape index (κ3) is 3.08. The number of nitrogens with zero attached hydrogens (tertiary/aromatic N) is 2. The van der Waals surface area contributed by atoms with E-state index in [4.69, 9.17) is 9.47 Å². The van der Waals surface area contributed by atoms with Crippen molar-refractivity contribution in [2.24, 2.45) is 0 Å². The fourth-order valence-electron chi connectivity index (χ4n) is 2.47. The Morgan fingerprint density at radius 2 is 2.40 bits per heavy atom. The van der Waals surface area contributed by atoms with Crippen LogP contribution in [0.3, 0.4) is 0 Å². The van der Waals surface area contributed by atoms with Gasteiger partial charge in [0.25, 0.3) is 0 Å². The number of carbonyl (C=O) groups excluding carboxylic acids is 1. The number of morpholine rings is 1. The molecule has 2 rings (SSSR count). The Bertz CT molecular complexity index is 490. The number of ether oxygens (including phenoxy) is 2. The topological polar surface area (TPSA) is 71.9 Å². The van der Waals surface area contributed by atoms with E-state index >= 15 is 0 Å². The summed E-state index contributed by atoms with van der Waals surface area (Å²) in [6, 6.07) is 3.38. The molecule has 6 nitrogen and oxygen atoms in total. The molecule has 0 radical (unpaired) electrons. The molecule has 0 aromatic carbocycles. The largest absolute Gasteiger partial charge is 0.465 e. The minimum Gasteiger partial charge on any atom is -0.465 e. The molecule has 0 saturated carbocycles. The minimum absolute atomic E-state index is 0.0691. The Labute approximate surface area is 118 Å². The molecular weight excluding hydrogens is 260 g/mol. The number of anilines is 1. The average Bonchev–Trinajstić information content (AvgIpc) is 2.44. The molecule has 1 saturated heterocycles. The van der Waals surface area contributed by atoms with Crippen LogP contribution in [-0.2, 0) is 9.47 Å². The van der Waals surface area contributed by atoms with Crippen molar-refractivity contribution in [1.29, 1.82) is 0 Å². The van der Waals surface area contributed by atoms with Crippen LogP contribution < -0.4 is 4.90 Å². The molecule has 20 heavy (non-hydrogen) atoms. The summed E-state index contributed by atoms with van der Waals surface area (Å²) < 4.78 is 10.6. The highest BCUT2D eigenvalue weighted by Crippen LogP contribution is 2.27. The van der Waals surface area contributed by atoms with Gasteiger partial charge in [0.05, 0.1) is 25.4 Å². The van der Waals surface area contributed by atoms with E-state index in [9.17, 15) is 9.90 Å². The molecule has 1 aliphatic heterocycles. The van der Waals surface area contributed by atoms with E-state index in [0.717, 1.165) is 0 Å². The molecule has 0 amide bonds. The summed E-state index contributed by atoms with van der Waals surface area (Å²) in [5.41, 5.74) is 0.000649. The van der Waals surface area contributed by atoms with Crippen LogP contribution in [0, 0.1) is 0 Å². The zero-order chi connectivity index (χ0) is 14.8. The van der Waals surface area contributed by atoms with Crippen molar-refractivity contribution >= 4 is 11.8 Å². The van der Waals surface area contributed by atoms with E-state index in [2.05, 4.69) is 4.98 Å². The predicted molar refractivity (Wildman–Crippen MR) is 73.8 cm³/mol. The Morgan fingerprint density at radius 1 is 1.65 bits per heavy atom. The second-order valence-corrected chi connectivity index (χ2v) is 5.43. The molecule has 1 atom stereocenters. The highest BCUT2D eigenvalue weighted by Gasteiger charge is 2.35. The number of aromatic nitrogens is 1. The van der Waals surface area contributed by atoms with E-state index in [0.29, 0.717) is 24.5 Å². The molecule has 1 fully saturated rings. The zero-order valence-corrected chi connectivity index (χ0v) is 12.0. The number of esters is 1. The second-order valence-electron chi connectivity index (χ2n) is 5.43. The standard InChI is InChI=1S/C14H20N2O4/c1-14(2)9-16(7-10(8-17)20-14)12-11(13(18)19-3)5-4-6-15-12/h4-6,10,17H,7-9H2,1-3H3. The van der Waals surface area contributed by atoms with Crippen LogP contribution in [0.25, 0.3) is 0 Å². The Morgan fingerprint density at radius 3 is 3.05 bits per heavy atom. The monoisotopic (exact) mass is 280 g/mol. The minimum atomic E-state index is -0.420. The number of aliphatic hydroxyl groups excluding tert-OH is 1. The molecule has 1 N–H and O–H groups in total. The van der Waals surface area contributed by atoms with Crippen molar-refractivity contribution in [3.05, 3.63) is 23.9 Å². The first kappa shape index (κ1) is 14.7. The molecule has 1 aliphatic rings. The summed E-state index contributed by atoms with van der Waals surface area (Å²) in [6.07, 6.45) is 1.34. The number of pyridine rings is 1.